The lowest BCUT2D eigenvalue weighted by atomic mass is 10.1. The molecule has 6 heteroatoms. The van der Waals surface area contributed by atoms with Crippen molar-refractivity contribution in [1.82, 2.24) is 5.32 Å². The quantitative estimate of drug-likeness (QED) is 0.670. The van der Waals surface area contributed by atoms with E-state index in [4.69, 9.17) is 16.0 Å². The number of ether oxygens (including phenoxy) is 1. The molecule has 1 atom stereocenters. The Hall–Kier alpha value is -1.49. The summed E-state index contributed by atoms with van der Waals surface area (Å²) < 4.78 is 9.82. The van der Waals surface area contributed by atoms with Gasteiger partial charge in [-0.15, -0.1) is 11.6 Å². The van der Waals surface area contributed by atoms with E-state index >= 15 is 0 Å². The van der Waals surface area contributed by atoms with Crippen LogP contribution in [0.1, 0.15) is 27.4 Å². The zero-order valence-electron chi connectivity index (χ0n) is 10.8. The molecule has 0 aromatic carbocycles. The number of nitrogens with one attached hydrogen (secondary N) is 1. The van der Waals surface area contributed by atoms with Crippen molar-refractivity contribution >= 4 is 23.5 Å². The molecule has 0 saturated heterocycles. The molecule has 18 heavy (non-hydrogen) atoms. The van der Waals surface area contributed by atoms with Gasteiger partial charge in [0.2, 0.25) is 0 Å². The number of rotatable bonds is 4. The smallest absolute Gasteiger partial charge is 0.325 e. The summed E-state index contributed by atoms with van der Waals surface area (Å²) in [5.74, 6) is 0.366. The van der Waals surface area contributed by atoms with Gasteiger partial charge < -0.3 is 14.5 Å². The SMILES string of the molecule is COC(=O)C(Cl)CNC(=O)c1c(C)oc(C)c1C. The third-order valence-corrected chi connectivity index (χ3v) is 3.02. The van der Waals surface area contributed by atoms with E-state index in [1.165, 1.54) is 7.11 Å². The number of methoxy groups -OCH3 is 1. The van der Waals surface area contributed by atoms with E-state index in [1.807, 2.05) is 0 Å². The van der Waals surface area contributed by atoms with Gasteiger partial charge in [0, 0.05) is 12.1 Å². The first-order chi connectivity index (χ1) is 8.38. The second-order valence-electron chi connectivity index (χ2n) is 3.92. The summed E-state index contributed by atoms with van der Waals surface area (Å²) in [6, 6.07) is 0. The van der Waals surface area contributed by atoms with Gasteiger partial charge in [-0.2, -0.15) is 0 Å². The summed E-state index contributed by atoms with van der Waals surface area (Å²) in [7, 11) is 1.24. The lowest BCUT2D eigenvalue weighted by Crippen LogP contribution is -2.34. The van der Waals surface area contributed by atoms with Crippen molar-refractivity contribution in [2.24, 2.45) is 0 Å². The maximum absolute atomic E-state index is 11.9. The lowest BCUT2D eigenvalue weighted by Gasteiger charge is -2.09. The minimum Gasteiger partial charge on any atom is -0.468 e. The van der Waals surface area contributed by atoms with Gasteiger partial charge in [-0.05, 0) is 20.8 Å². The fraction of sp³-hybridized carbons (Fsp3) is 0.500. The molecule has 1 aromatic rings. The Bertz CT molecular complexity index is 467. The number of amides is 1. The van der Waals surface area contributed by atoms with Crippen LogP contribution in [0.3, 0.4) is 0 Å². The highest BCUT2D eigenvalue weighted by molar-refractivity contribution is 6.30. The Morgan fingerprint density at radius 3 is 2.39 bits per heavy atom. The molecule has 100 valence electrons. The normalized spacial score (nSPS) is 12.1. The molecule has 1 unspecified atom stereocenters. The fourth-order valence-corrected chi connectivity index (χ4v) is 1.78. The van der Waals surface area contributed by atoms with Crippen molar-refractivity contribution in [2.45, 2.75) is 26.1 Å². The van der Waals surface area contributed by atoms with Crippen LogP contribution < -0.4 is 5.32 Å². The van der Waals surface area contributed by atoms with Gasteiger partial charge in [-0.1, -0.05) is 0 Å². The lowest BCUT2D eigenvalue weighted by molar-refractivity contribution is -0.140. The van der Waals surface area contributed by atoms with Gasteiger partial charge >= 0.3 is 5.97 Å². The Balaban J connectivity index is 2.69. The number of hydrogen-bond acceptors (Lipinski definition) is 4. The average molecular weight is 274 g/mol. The van der Waals surface area contributed by atoms with Gasteiger partial charge in [-0.25, -0.2) is 0 Å². The molecule has 0 aliphatic rings. The van der Waals surface area contributed by atoms with Crippen molar-refractivity contribution in [3.8, 4) is 0 Å². The second-order valence-corrected chi connectivity index (χ2v) is 4.44. The third-order valence-electron chi connectivity index (χ3n) is 2.69. The zero-order chi connectivity index (χ0) is 13.9. The Labute approximate surface area is 110 Å². The summed E-state index contributed by atoms with van der Waals surface area (Å²) in [4.78, 5) is 23.0. The molecule has 0 spiro atoms. The fourth-order valence-electron chi connectivity index (χ4n) is 1.61. The van der Waals surface area contributed by atoms with Crippen molar-refractivity contribution in [3.63, 3.8) is 0 Å². The molecule has 1 rings (SSSR count). The van der Waals surface area contributed by atoms with Crippen molar-refractivity contribution in [3.05, 3.63) is 22.6 Å². The van der Waals surface area contributed by atoms with E-state index in [9.17, 15) is 9.59 Å². The van der Waals surface area contributed by atoms with E-state index < -0.39 is 11.3 Å². The minimum atomic E-state index is -0.896. The first kappa shape index (κ1) is 14.6. The van der Waals surface area contributed by atoms with E-state index in [1.54, 1.807) is 20.8 Å². The summed E-state index contributed by atoms with van der Waals surface area (Å²) >= 11 is 5.74. The molecule has 1 amide bonds. The highest BCUT2D eigenvalue weighted by atomic mass is 35.5. The highest BCUT2D eigenvalue weighted by Crippen LogP contribution is 2.20. The number of aryl methyl sites for hydroxylation is 2. The molecule has 1 heterocycles. The molecule has 0 radical (unpaired) electrons. The van der Waals surface area contributed by atoms with Crippen LogP contribution in [-0.2, 0) is 9.53 Å². The molecular weight excluding hydrogens is 258 g/mol. The summed E-state index contributed by atoms with van der Waals surface area (Å²) in [5.41, 5.74) is 1.27. The first-order valence-corrected chi connectivity index (χ1v) is 5.88. The first-order valence-electron chi connectivity index (χ1n) is 5.45. The van der Waals surface area contributed by atoms with Gasteiger partial charge in [0.25, 0.3) is 5.91 Å². The van der Waals surface area contributed by atoms with Crippen molar-refractivity contribution in [2.75, 3.05) is 13.7 Å². The maximum Gasteiger partial charge on any atom is 0.325 e. The zero-order valence-corrected chi connectivity index (χ0v) is 11.6. The topological polar surface area (TPSA) is 68.5 Å². The summed E-state index contributed by atoms with van der Waals surface area (Å²) in [5, 5.41) is 1.68. The number of alkyl halides is 1. The Kier molecular flexibility index (Phi) is 4.78. The number of carbonyl (C=O) groups is 2. The van der Waals surface area contributed by atoms with Gasteiger partial charge in [0.15, 0.2) is 0 Å². The highest BCUT2D eigenvalue weighted by Gasteiger charge is 2.21. The van der Waals surface area contributed by atoms with E-state index in [0.29, 0.717) is 17.1 Å². The number of halogens is 1. The molecule has 1 aromatic heterocycles. The predicted molar refractivity (Wildman–Crippen MR) is 66.9 cm³/mol. The minimum absolute atomic E-state index is 0.0101. The van der Waals surface area contributed by atoms with Crippen LogP contribution in [0.15, 0.2) is 4.42 Å². The van der Waals surface area contributed by atoms with E-state index in [0.717, 1.165) is 5.56 Å². The summed E-state index contributed by atoms with van der Waals surface area (Å²) in [6.07, 6.45) is 0. The third kappa shape index (κ3) is 3.04. The molecule has 0 aliphatic heterocycles. The van der Waals surface area contributed by atoms with E-state index in [-0.39, 0.29) is 12.5 Å². The molecular formula is C12H16ClNO4. The number of hydrogen-bond donors (Lipinski definition) is 1. The van der Waals surface area contributed by atoms with Crippen LogP contribution in [0, 0.1) is 20.8 Å². The average Bonchev–Trinajstić information content (AvgIpc) is 2.59. The number of esters is 1. The van der Waals surface area contributed by atoms with Gasteiger partial charge in [-0.3, -0.25) is 9.59 Å². The predicted octanol–water partition coefficient (Wildman–Crippen LogP) is 1.72. The maximum atomic E-state index is 11.9. The molecule has 0 saturated carbocycles. The van der Waals surface area contributed by atoms with Crippen LogP contribution in [0.5, 0.6) is 0 Å². The van der Waals surface area contributed by atoms with E-state index in [2.05, 4.69) is 10.1 Å². The van der Waals surface area contributed by atoms with Crippen LogP contribution in [-0.4, -0.2) is 30.9 Å². The Morgan fingerprint density at radius 1 is 1.33 bits per heavy atom. The van der Waals surface area contributed by atoms with Crippen LogP contribution in [0.2, 0.25) is 0 Å². The number of carbonyl (C=O) groups excluding carboxylic acids is 2. The van der Waals surface area contributed by atoms with Crippen molar-refractivity contribution in [1.29, 1.82) is 0 Å². The molecule has 0 bridgehead atoms. The molecule has 5 nitrogen and oxygen atoms in total. The van der Waals surface area contributed by atoms with Crippen molar-refractivity contribution < 1.29 is 18.7 Å². The largest absolute Gasteiger partial charge is 0.468 e. The van der Waals surface area contributed by atoms with Crippen LogP contribution in [0.25, 0.3) is 0 Å². The Morgan fingerprint density at radius 2 is 1.94 bits per heavy atom. The number of furan rings is 1. The van der Waals surface area contributed by atoms with Gasteiger partial charge in [0.05, 0.1) is 12.7 Å². The van der Waals surface area contributed by atoms with Crippen LogP contribution in [0.4, 0.5) is 0 Å². The monoisotopic (exact) mass is 273 g/mol. The molecule has 0 fully saturated rings. The molecule has 0 aliphatic carbocycles. The summed E-state index contributed by atoms with van der Waals surface area (Å²) in [6.45, 7) is 5.32. The van der Waals surface area contributed by atoms with Crippen LogP contribution >= 0.6 is 11.6 Å². The standard InChI is InChI=1S/C12H16ClNO4/c1-6-7(2)18-8(3)10(6)11(15)14-5-9(13)12(16)17-4/h9H,5H2,1-4H3,(H,14,15). The second kappa shape index (κ2) is 5.91. The van der Waals surface area contributed by atoms with Gasteiger partial charge in [0.1, 0.15) is 16.9 Å². The molecule has 1 N–H and O–H groups in total.